The van der Waals surface area contributed by atoms with Crippen LogP contribution in [-0.4, -0.2) is 23.1 Å². The molecular formula is C16H20N2O. The molecule has 2 aromatic rings. The molecule has 1 unspecified atom stereocenters. The van der Waals surface area contributed by atoms with Crippen LogP contribution in [0.1, 0.15) is 25.5 Å². The van der Waals surface area contributed by atoms with Gasteiger partial charge < -0.3 is 4.52 Å². The fraction of sp³-hybridized carbons (Fsp3) is 0.438. The second kappa shape index (κ2) is 5.17. The molecule has 1 fully saturated rings. The minimum absolute atomic E-state index is 0.630. The molecule has 1 atom stereocenters. The first-order valence-corrected chi connectivity index (χ1v) is 6.95. The third kappa shape index (κ3) is 2.87. The molecule has 0 amide bonds. The van der Waals surface area contributed by atoms with Crippen LogP contribution in [0, 0.1) is 5.92 Å². The molecule has 3 rings (SSSR count). The molecule has 1 saturated carbocycles. The average Bonchev–Trinajstić information content (AvgIpc) is 3.19. The summed E-state index contributed by atoms with van der Waals surface area (Å²) >= 11 is 0. The highest BCUT2D eigenvalue weighted by Gasteiger charge is 2.30. The van der Waals surface area contributed by atoms with Crippen molar-refractivity contribution < 1.29 is 4.52 Å². The molecule has 1 heterocycles. The Morgan fingerprint density at radius 3 is 2.74 bits per heavy atom. The van der Waals surface area contributed by atoms with E-state index in [0.29, 0.717) is 6.04 Å². The molecule has 0 aliphatic heterocycles. The van der Waals surface area contributed by atoms with E-state index in [4.69, 9.17) is 4.52 Å². The lowest BCUT2D eigenvalue weighted by Crippen LogP contribution is -2.29. The second-order valence-electron chi connectivity index (χ2n) is 5.54. The van der Waals surface area contributed by atoms with Crippen molar-refractivity contribution in [3.63, 3.8) is 0 Å². The van der Waals surface area contributed by atoms with Crippen molar-refractivity contribution in [2.45, 2.75) is 32.4 Å². The van der Waals surface area contributed by atoms with Gasteiger partial charge in [0, 0.05) is 17.7 Å². The van der Waals surface area contributed by atoms with Crippen molar-refractivity contribution in [2.24, 2.45) is 5.92 Å². The summed E-state index contributed by atoms with van der Waals surface area (Å²) in [6.45, 7) is 3.13. The van der Waals surface area contributed by atoms with Crippen molar-refractivity contribution >= 4 is 0 Å². The van der Waals surface area contributed by atoms with Crippen LogP contribution in [0.3, 0.4) is 0 Å². The van der Waals surface area contributed by atoms with E-state index in [1.54, 1.807) is 0 Å². The molecule has 0 radical (unpaired) electrons. The molecule has 3 heteroatoms. The van der Waals surface area contributed by atoms with E-state index in [-0.39, 0.29) is 0 Å². The molecule has 1 aromatic carbocycles. The zero-order chi connectivity index (χ0) is 13.2. The highest BCUT2D eigenvalue weighted by molar-refractivity contribution is 5.58. The third-order valence-electron chi connectivity index (χ3n) is 4.03. The molecule has 1 aliphatic rings. The maximum Gasteiger partial charge on any atom is 0.151 e. The topological polar surface area (TPSA) is 29.3 Å². The van der Waals surface area contributed by atoms with Gasteiger partial charge in [0.1, 0.15) is 5.69 Å². The summed E-state index contributed by atoms with van der Waals surface area (Å²) < 4.78 is 5.45. The summed E-state index contributed by atoms with van der Waals surface area (Å²) in [5.41, 5.74) is 2.03. The van der Waals surface area contributed by atoms with Gasteiger partial charge in [-0.25, -0.2) is 0 Å². The van der Waals surface area contributed by atoms with Crippen LogP contribution in [0.5, 0.6) is 0 Å². The van der Waals surface area contributed by atoms with Gasteiger partial charge in [0.25, 0.3) is 0 Å². The van der Waals surface area contributed by atoms with Gasteiger partial charge in [-0.1, -0.05) is 35.5 Å². The van der Waals surface area contributed by atoms with E-state index in [2.05, 4.69) is 36.2 Å². The Kier molecular flexibility index (Phi) is 3.38. The van der Waals surface area contributed by atoms with Crippen molar-refractivity contribution in [1.82, 2.24) is 10.1 Å². The zero-order valence-corrected chi connectivity index (χ0v) is 11.5. The van der Waals surface area contributed by atoms with Crippen molar-refractivity contribution in [3.8, 4) is 11.3 Å². The van der Waals surface area contributed by atoms with Gasteiger partial charge in [-0.2, -0.15) is 0 Å². The Morgan fingerprint density at radius 2 is 2.05 bits per heavy atom. The molecule has 3 nitrogen and oxygen atoms in total. The van der Waals surface area contributed by atoms with Crippen LogP contribution in [0.15, 0.2) is 40.9 Å². The smallest absolute Gasteiger partial charge is 0.151 e. The predicted molar refractivity (Wildman–Crippen MR) is 75.6 cm³/mol. The van der Waals surface area contributed by atoms with Crippen LogP contribution in [0.25, 0.3) is 11.3 Å². The van der Waals surface area contributed by atoms with Crippen molar-refractivity contribution in [2.75, 3.05) is 7.05 Å². The van der Waals surface area contributed by atoms with Gasteiger partial charge in [-0.05, 0) is 32.7 Å². The number of nitrogens with zero attached hydrogens (tertiary/aromatic N) is 2. The van der Waals surface area contributed by atoms with Gasteiger partial charge in [-0.15, -0.1) is 0 Å². The SMILES string of the molecule is CC(C1CC1)N(C)Cc1cc(-c2ccccc2)no1. The molecule has 1 aliphatic carbocycles. The molecule has 1 aromatic heterocycles. The third-order valence-corrected chi connectivity index (χ3v) is 4.03. The Balaban J connectivity index is 1.68. The lowest BCUT2D eigenvalue weighted by atomic mass is 10.1. The predicted octanol–water partition coefficient (Wildman–Crippen LogP) is 3.57. The summed E-state index contributed by atoms with van der Waals surface area (Å²) in [5, 5.41) is 4.16. The first-order valence-electron chi connectivity index (χ1n) is 6.95. The average molecular weight is 256 g/mol. The highest BCUT2D eigenvalue weighted by atomic mass is 16.5. The van der Waals surface area contributed by atoms with Crippen LogP contribution < -0.4 is 0 Å². The van der Waals surface area contributed by atoms with E-state index >= 15 is 0 Å². The fourth-order valence-corrected chi connectivity index (χ4v) is 2.46. The summed E-state index contributed by atoms with van der Waals surface area (Å²) in [6, 6.07) is 12.8. The minimum Gasteiger partial charge on any atom is -0.359 e. The highest BCUT2D eigenvalue weighted by Crippen LogP contribution is 2.35. The standard InChI is InChI=1S/C16H20N2O/c1-12(13-8-9-13)18(2)11-15-10-16(17-19-15)14-6-4-3-5-7-14/h3-7,10,12-13H,8-9,11H2,1-2H3. The van der Waals surface area contributed by atoms with E-state index in [1.807, 2.05) is 24.3 Å². The van der Waals surface area contributed by atoms with Crippen LogP contribution in [0.4, 0.5) is 0 Å². The summed E-state index contributed by atoms with van der Waals surface area (Å²) in [4.78, 5) is 2.35. The largest absolute Gasteiger partial charge is 0.359 e. The van der Waals surface area contributed by atoms with E-state index in [1.165, 1.54) is 12.8 Å². The molecule has 0 saturated heterocycles. The van der Waals surface area contributed by atoms with Crippen LogP contribution >= 0.6 is 0 Å². The summed E-state index contributed by atoms with van der Waals surface area (Å²) in [6.07, 6.45) is 2.74. The fourth-order valence-electron chi connectivity index (χ4n) is 2.46. The lowest BCUT2D eigenvalue weighted by molar-refractivity contribution is 0.201. The quantitative estimate of drug-likeness (QED) is 0.819. The van der Waals surface area contributed by atoms with Gasteiger partial charge in [0.15, 0.2) is 5.76 Å². The number of benzene rings is 1. The Labute approximate surface area is 114 Å². The molecule has 0 spiro atoms. The van der Waals surface area contributed by atoms with Crippen molar-refractivity contribution in [1.29, 1.82) is 0 Å². The van der Waals surface area contributed by atoms with Crippen molar-refractivity contribution in [3.05, 3.63) is 42.2 Å². The maximum atomic E-state index is 5.45. The summed E-state index contributed by atoms with van der Waals surface area (Å²) in [5.74, 6) is 1.82. The molecule has 19 heavy (non-hydrogen) atoms. The Morgan fingerprint density at radius 1 is 1.32 bits per heavy atom. The number of rotatable bonds is 5. The first-order chi connectivity index (χ1) is 9.24. The van der Waals surface area contributed by atoms with Crippen LogP contribution in [-0.2, 0) is 6.54 Å². The van der Waals surface area contributed by atoms with E-state index in [9.17, 15) is 0 Å². The Hall–Kier alpha value is -1.61. The molecular weight excluding hydrogens is 236 g/mol. The normalized spacial score (nSPS) is 16.8. The molecule has 100 valence electrons. The van der Waals surface area contributed by atoms with Gasteiger partial charge in [0.2, 0.25) is 0 Å². The van der Waals surface area contributed by atoms with E-state index in [0.717, 1.165) is 29.5 Å². The number of hydrogen-bond donors (Lipinski definition) is 0. The second-order valence-corrected chi connectivity index (χ2v) is 5.54. The molecule has 0 N–H and O–H groups in total. The number of hydrogen-bond acceptors (Lipinski definition) is 3. The minimum atomic E-state index is 0.630. The first kappa shape index (κ1) is 12.4. The number of aromatic nitrogens is 1. The maximum absolute atomic E-state index is 5.45. The van der Waals surface area contributed by atoms with Gasteiger partial charge >= 0.3 is 0 Å². The van der Waals surface area contributed by atoms with E-state index < -0.39 is 0 Å². The monoisotopic (exact) mass is 256 g/mol. The lowest BCUT2D eigenvalue weighted by Gasteiger charge is -2.22. The van der Waals surface area contributed by atoms with Gasteiger partial charge in [-0.3, -0.25) is 4.90 Å². The van der Waals surface area contributed by atoms with Gasteiger partial charge in [0.05, 0.1) is 6.54 Å². The summed E-state index contributed by atoms with van der Waals surface area (Å²) in [7, 11) is 2.16. The zero-order valence-electron chi connectivity index (χ0n) is 11.5. The molecule has 0 bridgehead atoms. The van der Waals surface area contributed by atoms with Crippen LogP contribution in [0.2, 0.25) is 0 Å². The Bertz CT molecular complexity index is 531.